The molecule has 1 aliphatic heterocycles. The molecule has 0 bridgehead atoms. The highest BCUT2D eigenvalue weighted by molar-refractivity contribution is 5.98. The summed E-state index contributed by atoms with van der Waals surface area (Å²) in [5, 5.41) is 5.22. The van der Waals surface area contributed by atoms with Crippen LogP contribution in [0.15, 0.2) is 34.9 Å². The van der Waals surface area contributed by atoms with Gasteiger partial charge in [0, 0.05) is 24.5 Å². The number of rotatable bonds is 6. The summed E-state index contributed by atoms with van der Waals surface area (Å²) in [6.45, 7) is 3.08. The highest BCUT2D eigenvalue weighted by atomic mass is 16.5. The number of oxazole rings is 1. The number of morpholine rings is 1. The van der Waals surface area contributed by atoms with Crippen LogP contribution in [0.1, 0.15) is 16.4 Å². The van der Waals surface area contributed by atoms with Crippen LogP contribution >= 0.6 is 0 Å². The predicted octanol–water partition coefficient (Wildman–Crippen LogP) is 0.338. The van der Waals surface area contributed by atoms with Gasteiger partial charge in [-0.1, -0.05) is 0 Å². The number of nitrogens with two attached hydrogens (primary N) is 1. The smallest absolute Gasteiger partial charge is 0.273 e. The van der Waals surface area contributed by atoms with Crippen molar-refractivity contribution >= 4 is 23.2 Å². The SMILES string of the molecule is NCc1nc(C(=O)NCC(=O)Nc2ccc(N3CCOCC3)cc2)co1. The number of aromatic nitrogens is 1. The maximum atomic E-state index is 12.0. The zero-order valence-corrected chi connectivity index (χ0v) is 14.2. The van der Waals surface area contributed by atoms with Crippen molar-refractivity contribution in [2.45, 2.75) is 6.54 Å². The molecule has 0 saturated carbocycles. The van der Waals surface area contributed by atoms with Crippen LogP contribution in [0, 0.1) is 0 Å². The topological polar surface area (TPSA) is 123 Å². The summed E-state index contributed by atoms with van der Waals surface area (Å²) in [5.74, 6) is -0.564. The van der Waals surface area contributed by atoms with E-state index in [-0.39, 0.29) is 30.6 Å². The van der Waals surface area contributed by atoms with Crippen molar-refractivity contribution in [2.24, 2.45) is 5.73 Å². The predicted molar refractivity (Wildman–Crippen MR) is 94.8 cm³/mol. The van der Waals surface area contributed by atoms with Gasteiger partial charge in [0.1, 0.15) is 6.26 Å². The lowest BCUT2D eigenvalue weighted by atomic mass is 10.2. The molecule has 1 aliphatic rings. The first-order valence-electron chi connectivity index (χ1n) is 8.31. The summed E-state index contributed by atoms with van der Waals surface area (Å²) in [6.07, 6.45) is 1.21. The summed E-state index contributed by atoms with van der Waals surface area (Å²) >= 11 is 0. The number of hydrogen-bond donors (Lipinski definition) is 3. The molecule has 9 nitrogen and oxygen atoms in total. The maximum Gasteiger partial charge on any atom is 0.273 e. The van der Waals surface area contributed by atoms with Crippen molar-refractivity contribution in [1.29, 1.82) is 0 Å². The van der Waals surface area contributed by atoms with E-state index in [2.05, 4.69) is 20.5 Å². The van der Waals surface area contributed by atoms with E-state index in [1.807, 2.05) is 24.3 Å². The number of carbonyl (C=O) groups excluding carboxylic acids is 2. The number of ether oxygens (including phenoxy) is 1. The first kappa shape index (κ1) is 17.9. The number of hydrogen-bond acceptors (Lipinski definition) is 7. The second-order valence-electron chi connectivity index (χ2n) is 5.71. The van der Waals surface area contributed by atoms with Crippen molar-refractivity contribution < 1.29 is 18.7 Å². The molecular formula is C17H21N5O4. The summed E-state index contributed by atoms with van der Waals surface area (Å²) in [4.78, 5) is 30.0. The van der Waals surface area contributed by atoms with Gasteiger partial charge in [-0.25, -0.2) is 4.98 Å². The van der Waals surface area contributed by atoms with E-state index >= 15 is 0 Å². The fourth-order valence-corrected chi connectivity index (χ4v) is 2.54. The Labute approximate surface area is 150 Å². The Morgan fingerprint density at radius 3 is 2.58 bits per heavy atom. The van der Waals surface area contributed by atoms with Gasteiger partial charge in [-0.15, -0.1) is 0 Å². The van der Waals surface area contributed by atoms with Gasteiger partial charge < -0.3 is 30.4 Å². The highest BCUT2D eigenvalue weighted by Gasteiger charge is 2.14. The van der Waals surface area contributed by atoms with E-state index in [1.54, 1.807) is 0 Å². The zero-order chi connectivity index (χ0) is 18.4. The third-order valence-electron chi connectivity index (χ3n) is 3.90. The quantitative estimate of drug-likeness (QED) is 0.679. The Morgan fingerprint density at radius 2 is 1.92 bits per heavy atom. The van der Waals surface area contributed by atoms with E-state index in [9.17, 15) is 9.59 Å². The number of carbonyl (C=O) groups is 2. The van der Waals surface area contributed by atoms with E-state index in [0.29, 0.717) is 5.69 Å². The molecule has 0 unspecified atom stereocenters. The van der Waals surface area contributed by atoms with Crippen LogP contribution in [-0.2, 0) is 16.1 Å². The first-order valence-corrected chi connectivity index (χ1v) is 8.31. The molecule has 2 aromatic rings. The average molecular weight is 359 g/mol. The van der Waals surface area contributed by atoms with Crippen LogP contribution in [-0.4, -0.2) is 49.6 Å². The van der Waals surface area contributed by atoms with Crippen LogP contribution in [0.2, 0.25) is 0 Å². The molecule has 1 fully saturated rings. The Balaban J connectivity index is 1.47. The molecule has 0 aliphatic carbocycles. The van der Waals surface area contributed by atoms with Crippen LogP contribution in [0.3, 0.4) is 0 Å². The molecule has 1 aromatic carbocycles. The van der Waals surface area contributed by atoms with Gasteiger partial charge in [0.15, 0.2) is 5.69 Å². The van der Waals surface area contributed by atoms with Crippen molar-refractivity contribution in [3.05, 3.63) is 42.1 Å². The van der Waals surface area contributed by atoms with Crippen molar-refractivity contribution in [3.8, 4) is 0 Å². The number of nitrogens with zero attached hydrogens (tertiary/aromatic N) is 2. The molecule has 1 saturated heterocycles. The molecule has 2 amide bonds. The normalized spacial score (nSPS) is 14.1. The molecule has 9 heteroatoms. The third kappa shape index (κ3) is 4.58. The number of amides is 2. The minimum Gasteiger partial charge on any atom is -0.447 e. The Bertz CT molecular complexity index is 753. The number of nitrogens with one attached hydrogen (secondary N) is 2. The standard InChI is InChI=1S/C17H21N5O4/c18-9-16-21-14(11-26-16)17(24)19-10-15(23)20-12-1-3-13(4-2-12)22-5-7-25-8-6-22/h1-4,11H,5-10,18H2,(H,19,24)(H,20,23). The Morgan fingerprint density at radius 1 is 1.19 bits per heavy atom. The minimum atomic E-state index is -0.494. The Kier molecular flexibility index (Phi) is 5.82. The molecule has 0 spiro atoms. The van der Waals surface area contributed by atoms with Crippen molar-refractivity contribution in [2.75, 3.05) is 43.1 Å². The fraction of sp³-hybridized carbons (Fsp3) is 0.353. The maximum absolute atomic E-state index is 12.0. The number of anilines is 2. The van der Waals surface area contributed by atoms with Crippen LogP contribution < -0.4 is 21.3 Å². The second-order valence-corrected chi connectivity index (χ2v) is 5.71. The molecule has 3 rings (SSSR count). The van der Waals surface area contributed by atoms with Gasteiger partial charge in [-0.05, 0) is 24.3 Å². The average Bonchev–Trinajstić information content (AvgIpc) is 3.17. The monoisotopic (exact) mass is 359 g/mol. The third-order valence-corrected chi connectivity index (χ3v) is 3.90. The van der Waals surface area contributed by atoms with E-state index < -0.39 is 5.91 Å². The lowest BCUT2D eigenvalue weighted by Crippen LogP contribution is -2.36. The molecule has 4 N–H and O–H groups in total. The van der Waals surface area contributed by atoms with Crippen molar-refractivity contribution in [3.63, 3.8) is 0 Å². The molecule has 26 heavy (non-hydrogen) atoms. The lowest BCUT2D eigenvalue weighted by molar-refractivity contribution is -0.115. The summed E-state index contributed by atoms with van der Waals surface area (Å²) in [5.41, 5.74) is 7.20. The van der Waals surface area contributed by atoms with Gasteiger partial charge in [0.25, 0.3) is 5.91 Å². The lowest BCUT2D eigenvalue weighted by Gasteiger charge is -2.28. The van der Waals surface area contributed by atoms with E-state index in [0.717, 1.165) is 32.0 Å². The highest BCUT2D eigenvalue weighted by Crippen LogP contribution is 2.18. The molecule has 1 aromatic heterocycles. The molecule has 2 heterocycles. The first-order chi connectivity index (χ1) is 12.7. The Hall–Kier alpha value is -2.91. The molecular weight excluding hydrogens is 338 g/mol. The van der Waals surface area contributed by atoms with Crippen LogP contribution in [0.5, 0.6) is 0 Å². The summed E-state index contributed by atoms with van der Waals surface area (Å²) in [7, 11) is 0. The van der Waals surface area contributed by atoms with Crippen LogP contribution in [0.4, 0.5) is 11.4 Å². The van der Waals surface area contributed by atoms with E-state index in [1.165, 1.54) is 6.26 Å². The van der Waals surface area contributed by atoms with Gasteiger partial charge >= 0.3 is 0 Å². The summed E-state index contributed by atoms with van der Waals surface area (Å²) < 4.78 is 10.3. The minimum absolute atomic E-state index is 0.0908. The van der Waals surface area contributed by atoms with Gasteiger partial charge in [0.2, 0.25) is 11.8 Å². The second kappa shape index (κ2) is 8.45. The molecule has 0 atom stereocenters. The van der Waals surface area contributed by atoms with Crippen molar-refractivity contribution in [1.82, 2.24) is 10.3 Å². The molecule has 0 radical (unpaired) electrons. The zero-order valence-electron chi connectivity index (χ0n) is 14.2. The van der Waals surface area contributed by atoms with Crippen LogP contribution in [0.25, 0.3) is 0 Å². The van der Waals surface area contributed by atoms with Gasteiger partial charge in [0.05, 0.1) is 26.3 Å². The number of benzene rings is 1. The largest absolute Gasteiger partial charge is 0.447 e. The summed E-state index contributed by atoms with van der Waals surface area (Å²) in [6, 6.07) is 7.55. The molecule has 138 valence electrons. The van der Waals surface area contributed by atoms with Gasteiger partial charge in [-0.2, -0.15) is 0 Å². The fourth-order valence-electron chi connectivity index (χ4n) is 2.54. The van der Waals surface area contributed by atoms with Gasteiger partial charge in [-0.3, -0.25) is 9.59 Å². The van der Waals surface area contributed by atoms with E-state index in [4.69, 9.17) is 14.9 Å².